The average molecular weight is 392 g/mol. The maximum Gasteiger partial charge on any atom is 0.231 e. The quantitative estimate of drug-likeness (QED) is 0.407. The molecule has 0 spiro atoms. The molecule has 0 saturated carbocycles. The number of Topliss-reactive ketones (excluding diaryl/α,β-unsaturated/α-hetero) is 1. The number of fused-ring (bicyclic) bond motifs is 1. The van der Waals surface area contributed by atoms with Crippen LogP contribution in [0.5, 0.6) is 0 Å². The van der Waals surface area contributed by atoms with Crippen molar-refractivity contribution in [3.63, 3.8) is 0 Å². The lowest BCUT2D eigenvalue weighted by Crippen LogP contribution is -2.20. The second-order valence-corrected chi connectivity index (χ2v) is 9.19. The van der Waals surface area contributed by atoms with Crippen molar-refractivity contribution in [3.8, 4) is 0 Å². The fourth-order valence-corrected chi connectivity index (χ4v) is 5.11. The van der Waals surface area contributed by atoms with E-state index in [9.17, 15) is 9.59 Å². The Hall–Kier alpha value is -1.64. The third kappa shape index (κ3) is 4.31. The summed E-state index contributed by atoms with van der Waals surface area (Å²) >= 11 is 4.49. The molecule has 0 fully saturated rings. The number of hydrogen-bond acceptors (Lipinski definition) is 7. The Morgan fingerprint density at radius 3 is 2.64 bits per heavy atom. The van der Waals surface area contributed by atoms with Crippen LogP contribution in [0.3, 0.4) is 0 Å². The van der Waals surface area contributed by atoms with Crippen LogP contribution in [0.4, 0.5) is 5.69 Å². The molecule has 0 radical (unpaired) electrons. The minimum atomic E-state index is 0.0288. The molecule has 0 unspecified atom stereocenters. The molecule has 0 N–H and O–H groups in total. The van der Waals surface area contributed by atoms with E-state index < -0.39 is 0 Å². The van der Waals surface area contributed by atoms with E-state index in [1.807, 2.05) is 19.1 Å². The molecule has 25 heavy (non-hydrogen) atoms. The summed E-state index contributed by atoms with van der Waals surface area (Å²) in [4.78, 5) is 25.8. The summed E-state index contributed by atoms with van der Waals surface area (Å²) in [5, 5.41) is 8.23. The van der Waals surface area contributed by atoms with Crippen molar-refractivity contribution in [1.82, 2.24) is 10.2 Å². The van der Waals surface area contributed by atoms with Gasteiger partial charge in [0.15, 0.2) is 14.5 Å². The van der Waals surface area contributed by atoms with E-state index in [0.29, 0.717) is 17.7 Å². The van der Waals surface area contributed by atoms with Crippen LogP contribution in [0.1, 0.15) is 22.8 Å². The molecule has 2 heterocycles. The maximum absolute atomic E-state index is 12.4. The van der Waals surface area contributed by atoms with Gasteiger partial charge in [0.25, 0.3) is 0 Å². The van der Waals surface area contributed by atoms with Crippen LogP contribution in [0.15, 0.2) is 39.0 Å². The van der Waals surface area contributed by atoms with Crippen LogP contribution in [0, 0.1) is 0 Å². The maximum atomic E-state index is 12.4. The van der Waals surface area contributed by atoms with Crippen molar-refractivity contribution >= 4 is 52.2 Å². The molecule has 0 saturated heterocycles. The van der Waals surface area contributed by atoms with Gasteiger partial charge in [0.05, 0.1) is 12.2 Å². The summed E-state index contributed by atoms with van der Waals surface area (Å²) in [5.74, 6) is 1.21. The van der Waals surface area contributed by atoms with E-state index >= 15 is 0 Å². The highest BCUT2D eigenvalue weighted by molar-refractivity contribution is 8.03. The second-order valence-electron chi connectivity index (χ2n) is 5.76. The van der Waals surface area contributed by atoms with E-state index in [0.717, 1.165) is 31.3 Å². The minimum Gasteiger partial charge on any atom is -0.315 e. The summed E-state index contributed by atoms with van der Waals surface area (Å²) in [6, 6.07) is 5.45. The van der Waals surface area contributed by atoms with Gasteiger partial charge in [0.2, 0.25) is 5.91 Å². The van der Waals surface area contributed by atoms with Crippen molar-refractivity contribution in [2.75, 3.05) is 23.5 Å². The Morgan fingerprint density at radius 1 is 1.28 bits per heavy atom. The van der Waals surface area contributed by atoms with Crippen LogP contribution in [-0.4, -0.2) is 40.4 Å². The van der Waals surface area contributed by atoms with Crippen LogP contribution < -0.4 is 4.90 Å². The third-order valence-corrected chi connectivity index (χ3v) is 7.06. The highest BCUT2D eigenvalue weighted by atomic mass is 32.2. The lowest BCUT2D eigenvalue weighted by atomic mass is 10.1. The fourth-order valence-electron chi connectivity index (χ4n) is 2.35. The molecule has 0 atom stereocenters. The largest absolute Gasteiger partial charge is 0.315 e. The first-order valence-corrected chi connectivity index (χ1v) is 10.4. The number of carbonyl (C=O) groups excluding carboxylic acids is 2. The first-order chi connectivity index (χ1) is 11.9. The number of nitrogens with zero attached hydrogens (tertiary/aromatic N) is 3. The Bertz CT molecular complexity index is 847. The van der Waals surface area contributed by atoms with Gasteiger partial charge in [-0.25, -0.2) is 0 Å². The van der Waals surface area contributed by atoms with Gasteiger partial charge >= 0.3 is 0 Å². The first-order valence-electron chi connectivity index (χ1n) is 7.60. The molecular formula is C17H17N3O2S3. The number of ketones is 1. The monoisotopic (exact) mass is 391 g/mol. The summed E-state index contributed by atoms with van der Waals surface area (Å²) < 4.78 is 1.67. The molecule has 130 valence electrons. The Morgan fingerprint density at radius 2 is 1.96 bits per heavy atom. The molecule has 0 aliphatic carbocycles. The van der Waals surface area contributed by atoms with Gasteiger partial charge in [-0.05, 0) is 30.7 Å². The van der Waals surface area contributed by atoms with Crippen LogP contribution in [0.2, 0.25) is 0 Å². The average Bonchev–Trinajstić information content (AvgIpc) is 3.15. The van der Waals surface area contributed by atoms with E-state index in [2.05, 4.69) is 16.8 Å². The van der Waals surface area contributed by atoms with Gasteiger partial charge in [0.1, 0.15) is 0 Å². The van der Waals surface area contributed by atoms with Crippen LogP contribution >= 0.6 is 34.9 Å². The van der Waals surface area contributed by atoms with Gasteiger partial charge in [-0.15, -0.1) is 10.2 Å². The number of carbonyl (C=O) groups is 2. The number of likely N-dealkylation sites (N-methyl/N-ethyl adjacent to an activating group) is 1. The number of benzene rings is 1. The lowest BCUT2D eigenvalue weighted by Gasteiger charge is -2.10. The Kier molecular flexibility index (Phi) is 5.61. The van der Waals surface area contributed by atoms with E-state index in [1.54, 1.807) is 29.8 Å². The predicted molar refractivity (Wildman–Crippen MR) is 104 cm³/mol. The van der Waals surface area contributed by atoms with Gasteiger partial charge in [-0.3, -0.25) is 9.59 Å². The topological polar surface area (TPSA) is 63.2 Å². The number of rotatable bonds is 7. The standard InChI is InChI=1S/C17H17N3O2S3/c1-10(2)8-23-16-18-19-17(25-16)24-9-14(21)11-4-5-13-12(6-11)7-15(22)20(13)3/h4-6H,1,7-9H2,2-3H3. The minimum absolute atomic E-state index is 0.0288. The van der Waals surface area contributed by atoms with Crippen molar-refractivity contribution < 1.29 is 9.59 Å². The van der Waals surface area contributed by atoms with E-state index in [1.165, 1.54) is 23.1 Å². The summed E-state index contributed by atoms with van der Waals surface area (Å²) in [6.07, 6.45) is 0.361. The van der Waals surface area contributed by atoms with Crippen molar-refractivity contribution in [3.05, 3.63) is 41.5 Å². The molecule has 1 aliphatic rings. The van der Waals surface area contributed by atoms with Gasteiger partial charge in [-0.1, -0.05) is 47.0 Å². The second kappa shape index (κ2) is 7.72. The Labute approximate surface area is 158 Å². The van der Waals surface area contributed by atoms with Crippen molar-refractivity contribution in [1.29, 1.82) is 0 Å². The molecule has 3 rings (SSSR count). The van der Waals surface area contributed by atoms with Crippen LogP contribution in [-0.2, 0) is 11.2 Å². The molecule has 1 aliphatic heterocycles. The number of hydrogen-bond donors (Lipinski definition) is 0. The van der Waals surface area contributed by atoms with Crippen LogP contribution in [0.25, 0.3) is 0 Å². The van der Waals surface area contributed by atoms with Gasteiger partial charge < -0.3 is 4.90 Å². The highest BCUT2D eigenvalue weighted by Crippen LogP contribution is 2.31. The number of amides is 1. The third-order valence-electron chi connectivity index (χ3n) is 3.64. The predicted octanol–water partition coefficient (Wildman–Crippen LogP) is 3.70. The molecule has 1 amide bonds. The van der Waals surface area contributed by atoms with Crippen molar-refractivity contribution in [2.45, 2.75) is 22.0 Å². The van der Waals surface area contributed by atoms with E-state index in [-0.39, 0.29) is 11.7 Å². The molecule has 0 bridgehead atoms. The summed E-state index contributed by atoms with van der Waals surface area (Å²) in [6.45, 7) is 5.84. The normalized spacial score (nSPS) is 13.2. The van der Waals surface area contributed by atoms with E-state index in [4.69, 9.17) is 0 Å². The number of aromatic nitrogens is 2. The Balaban J connectivity index is 1.59. The van der Waals surface area contributed by atoms with Gasteiger partial charge in [-0.2, -0.15) is 0 Å². The lowest BCUT2D eigenvalue weighted by molar-refractivity contribution is -0.117. The molecule has 1 aromatic carbocycles. The SMILES string of the molecule is C=C(C)CSc1nnc(SCC(=O)c2ccc3c(c2)CC(=O)N3C)s1. The molecular weight excluding hydrogens is 374 g/mol. The zero-order chi connectivity index (χ0) is 18.0. The zero-order valence-corrected chi connectivity index (χ0v) is 16.4. The van der Waals surface area contributed by atoms with Gasteiger partial charge in [0, 0.05) is 24.1 Å². The molecule has 8 heteroatoms. The number of anilines is 1. The molecule has 5 nitrogen and oxygen atoms in total. The number of thioether (sulfide) groups is 2. The summed E-state index contributed by atoms with van der Waals surface area (Å²) in [7, 11) is 1.75. The smallest absolute Gasteiger partial charge is 0.231 e. The highest BCUT2D eigenvalue weighted by Gasteiger charge is 2.24. The zero-order valence-electron chi connectivity index (χ0n) is 13.9. The van der Waals surface area contributed by atoms with Crippen molar-refractivity contribution in [2.24, 2.45) is 0 Å². The molecule has 2 aromatic rings. The molecule has 1 aromatic heterocycles. The summed E-state index contributed by atoms with van der Waals surface area (Å²) in [5.41, 5.74) is 3.52. The first kappa shape index (κ1) is 18.2. The fraction of sp³-hybridized carbons (Fsp3) is 0.294.